The lowest BCUT2D eigenvalue weighted by molar-refractivity contribution is 0.290. The monoisotopic (exact) mass is 310 g/mol. The number of halogens is 1. The van der Waals surface area contributed by atoms with Crippen molar-refractivity contribution >= 4 is 17.3 Å². The Morgan fingerprint density at radius 1 is 1.33 bits per heavy atom. The third-order valence-corrected chi connectivity index (χ3v) is 4.87. The zero-order valence-corrected chi connectivity index (χ0v) is 13.9. The molecule has 0 spiro atoms. The van der Waals surface area contributed by atoms with E-state index in [9.17, 15) is 5.11 Å². The van der Waals surface area contributed by atoms with Gasteiger partial charge in [0.25, 0.3) is 0 Å². The molecule has 0 aromatic heterocycles. The molecule has 1 aromatic carbocycles. The highest BCUT2D eigenvalue weighted by Crippen LogP contribution is 2.33. The van der Waals surface area contributed by atoms with Crippen LogP contribution in [0.15, 0.2) is 18.2 Å². The van der Waals surface area contributed by atoms with E-state index in [1.807, 2.05) is 13.1 Å². The van der Waals surface area contributed by atoms with E-state index in [0.29, 0.717) is 12.6 Å². The Labute approximate surface area is 133 Å². The Hall–Kier alpha value is -0.770. The fourth-order valence-corrected chi connectivity index (χ4v) is 3.49. The van der Waals surface area contributed by atoms with Gasteiger partial charge in [-0.1, -0.05) is 36.9 Å². The summed E-state index contributed by atoms with van der Waals surface area (Å²) in [6.07, 6.45) is 6.28. The summed E-state index contributed by atoms with van der Waals surface area (Å²) >= 11 is 6.53. The first-order valence-corrected chi connectivity index (χ1v) is 8.39. The van der Waals surface area contributed by atoms with Gasteiger partial charge in [0.2, 0.25) is 0 Å². The largest absolute Gasteiger partial charge is 0.395 e. The molecule has 4 heteroatoms. The van der Waals surface area contributed by atoms with Gasteiger partial charge < -0.3 is 15.3 Å². The molecule has 2 rings (SSSR count). The van der Waals surface area contributed by atoms with Crippen molar-refractivity contribution in [3.63, 3.8) is 0 Å². The van der Waals surface area contributed by atoms with Crippen molar-refractivity contribution in [3.05, 3.63) is 28.8 Å². The highest BCUT2D eigenvalue weighted by Gasteiger charge is 2.23. The Morgan fingerprint density at radius 3 is 2.62 bits per heavy atom. The number of benzene rings is 1. The van der Waals surface area contributed by atoms with Gasteiger partial charge in [-0.15, -0.1) is 0 Å². The minimum Gasteiger partial charge on any atom is -0.395 e. The predicted octanol–water partition coefficient (Wildman–Crippen LogP) is 3.75. The molecule has 0 saturated heterocycles. The van der Waals surface area contributed by atoms with Crippen LogP contribution in [0.1, 0.15) is 50.6 Å². The van der Waals surface area contributed by atoms with Crippen LogP contribution in [0.5, 0.6) is 0 Å². The Balaban J connectivity index is 2.23. The summed E-state index contributed by atoms with van der Waals surface area (Å²) in [5.74, 6) is 0. The molecule has 0 radical (unpaired) electrons. The number of aliphatic hydroxyl groups excluding tert-OH is 1. The molecule has 1 atom stereocenters. The van der Waals surface area contributed by atoms with Crippen molar-refractivity contribution in [1.29, 1.82) is 0 Å². The van der Waals surface area contributed by atoms with E-state index in [-0.39, 0.29) is 12.6 Å². The summed E-state index contributed by atoms with van der Waals surface area (Å²) in [4.78, 5) is 2.30. The van der Waals surface area contributed by atoms with Gasteiger partial charge in [0.1, 0.15) is 0 Å². The third kappa shape index (κ3) is 4.12. The summed E-state index contributed by atoms with van der Waals surface area (Å²) in [6.45, 7) is 2.95. The molecular formula is C17H27ClN2O. The van der Waals surface area contributed by atoms with E-state index in [1.54, 1.807) is 0 Å². The van der Waals surface area contributed by atoms with E-state index in [4.69, 9.17) is 11.6 Å². The van der Waals surface area contributed by atoms with Gasteiger partial charge >= 0.3 is 0 Å². The Kier molecular flexibility index (Phi) is 6.34. The lowest BCUT2D eigenvalue weighted by atomic mass is 9.93. The van der Waals surface area contributed by atoms with Crippen LogP contribution in [0.2, 0.25) is 5.02 Å². The maximum absolute atomic E-state index is 9.41. The maximum Gasteiger partial charge on any atom is 0.0643 e. The molecule has 118 valence electrons. The van der Waals surface area contributed by atoms with Crippen LogP contribution >= 0.6 is 11.6 Å². The molecule has 1 fully saturated rings. The number of nitrogens with zero attached hydrogens (tertiary/aromatic N) is 1. The fourth-order valence-electron chi connectivity index (χ4n) is 3.19. The first-order chi connectivity index (χ1) is 10.2. The lowest BCUT2D eigenvalue weighted by Gasteiger charge is -2.36. The first kappa shape index (κ1) is 16.6. The molecule has 2 N–H and O–H groups in total. The molecule has 0 amide bonds. The predicted molar refractivity (Wildman–Crippen MR) is 90.2 cm³/mol. The van der Waals surface area contributed by atoms with Crippen molar-refractivity contribution in [2.45, 2.75) is 51.1 Å². The van der Waals surface area contributed by atoms with Gasteiger partial charge in [-0.3, -0.25) is 0 Å². The molecular weight excluding hydrogens is 284 g/mol. The van der Waals surface area contributed by atoms with Gasteiger partial charge in [0.05, 0.1) is 17.3 Å². The second-order valence-electron chi connectivity index (χ2n) is 5.93. The van der Waals surface area contributed by atoms with E-state index < -0.39 is 0 Å². The van der Waals surface area contributed by atoms with E-state index in [0.717, 1.165) is 10.7 Å². The maximum atomic E-state index is 9.41. The molecule has 0 heterocycles. The molecule has 1 unspecified atom stereocenters. The molecule has 0 aliphatic heterocycles. The molecule has 1 aromatic rings. The van der Waals surface area contributed by atoms with E-state index in [1.165, 1.54) is 37.7 Å². The van der Waals surface area contributed by atoms with Crippen molar-refractivity contribution in [2.75, 3.05) is 25.1 Å². The van der Waals surface area contributed by atoms with Crippen LogP contribution < -0.4 is 10.2 Å². The second kappa shape index (κ2) is 8.02. The number of hydrogen-bond acceptors (Lipinski definition) is 3. The summed E-state index contributed by atoms with van der Waals surface area (Å²) in [6, 6.07) is 7.09. The van der Waals surface area contributed by atoms with Crippen LogP contribution in [-0.2, 0) is 0 Å². The number of anilines is 1. The zero-order valence-electron chi connectivity index (χ0n) is 13.1. The van der Waals surface area contributed by atoms with Gasteiger partial charge in [-0.05, 0) is 44.5 Å². The Bertz CT molecular complexity index is 446. The van der Waals surface area contributed by atoms with Crippen LogP contribution in [0.4, 0.5) is 5.69 Å². The molecule has 1 saturated carbocycles. The number of rotatable bonds is 6. The van der Waals surface area contributed by atoms with Gasteiger partial charge in [-0.2, -0.15) is 0 Å². The van der Waals surface area contributed by atoms with Crippen LogP contribution in [-0.4, -0.2) is 31.3 Å². The molecule has 1 aliphatic rings. The highest BCUT2D eigenvalue weighted by atomic mass is 35.5. The normalized spacial score (nSPS) is 17.7. The standard InChI is InChI=1S/C17H27ClN2O/c1-13(19-2)14-8-9-17(16(18)12-14)20(10-11-21)15-6-4-3-5-7-15/h8-9,12-13,15,19,21H,3-7,10-11H2,1-2H3. The summed E-state index contributed by atoms with van der Waals surface area (Å²) in [5, 5.41) is 13.4. The summed E-state index contributed by atoms with van der Waals surface area (Å²) < 4.78 is 0. The minimum atomic E-state index is 0.168. The topological polar surface area (TPSA) is 35.5 Å². The van der Waals surface area contributed by atoms with Crippen molar-refractivity contribution in [1.82, 2.24) is 5.32 Å². The van der Waals surface area contributed by atoms with Crippen LogP contribution in [0, 0.1) is 0 Å². The third-order valence-electron chi connectivity index (χ3n) is 4.57. The average Bonchev–Trinajstić information content (AvgIpc) is 2.53. The fraction of sp³-hybridized carbons (Fsp3) is 0.647. The van der Waals surface area contributed by atoms with Crippen molar-refractivity contribution < 1.29 is 5.11 Å². The van der Waals surface area contributed by atoms with Gasteiger partial charge in [0.15, 0.2) is 0 Å². The SMILES string of the molecule is CNC(C)c1ccc(N(CCO)C2CCCCC2)c(Cl)c1. The molecule has 21 heavy (non-hydrogen) atoms. The smallest absolute Gasteiger partial charge is 0.0643 e. The minimum absolute atomic E-state index is 0.168. The molecule has 1 aliphatic carbocycles. The number of hydrogen-bond donors (Lipinski definition) is 2. The van der Waals surface area contributed by atoms with Crippen molar-refractivity contribution in [3.8, 4) is 0 Å². The summed E-state index contributed by atoms with van der Waals surface area (Å²) in [5.41, 5.74) is 2.25. The summed E-state index contributed by atoms with van der Waals surface area (Å²) in [7, 11) is 1.95. The lowest BCUT2D eigenvalue weighted by Crippen LogP contribution is -2.39. The zero-order chi connectivity index (χ0) is 15.2. The van der Waals surface area contributed by atoms with Crippen LogP contribution in [0.25, 0.3) is 0 Å². The number of aliphatic hydroxyl groups is 1. The van der Waals surface area contributed by atoms with Gasteiger partial charge in [0, 0.05) is 18.6 Å². The average molecular weight is 311 g/mol. The molecule has 3 nitrogen and oxygen atoms in total. The van der Waals surface area contributed by atoms with E-state index >= 15 is 0 Å². The van der Waals surface area contributed by atoms with Crippen LogP contribution in [0.3, 0.4) is 0 Å². The highest BCUT2D eigenvalue weighted by molar-refractivity contribution is 6.33. The first-order valence-electron chi connectivity index (χ1n) is 8.01. The number of nitrogens with one attached hydrogen (secondary N) is 1. The quantitative estimate of drug-likeness (QED) is 0.840. The van der Waals surface area contributed by atoms with Crippen molar-refractivity contribution in [2.24, 2.45) is 0 Å². The second-order valence-corrected chi connectivity index (χ2v) is 6.34. The van der Waals surface area contributed by atoms with E-state index in [2.05, 4.69) is 29.3 Å². The Morgan fingerprint density at radius 2 is 2.05 bits per heavy atom. The molecule has 0 bridgehead atoms. The van der Waals surface area contributed by atoms with Gasteiger partial charge in [-0.25, -0.2) is 0 Å².